The van der Waals surface area contributed by atoms with E-state index in [1.54, 1.807) is 12.1 Å². The van der Waals surface area contributed by atoms with Crippen molar-refractivity contribution >= 4 is 11.9 Å². The molecular weight excluding hydrogens is 287 g/mol. The summed E-state index contributed by atoms with van der Waals surface area (Å²) in [6.45, 7) is 1.91. The number of likely N-dealkylation sites (tertiary alicyclic amines) is 1. The number of amides is 1. The van der Waals surface area contributed by atoms with E-state index < -0.39 is 17.8 Å². The van der Waals surface area contributed by atoms with Gasteiger partial charge in [-0.25, -0.2) is 9.18 Å². The van der Waals surface area contributed by atoms with Crippen molar-refractivity contribution in [3.05, 3.63) is 35.6 Å². The number of nitrogens with one attached hydrogen (secondary N) is 1. The fourth-order valence-corrected chi connectivity index (χ4v) is 2.64. The summed E-state index contributed by atoms with van der Waals surface area (Å²) in [5.41, 5.74) is 0.285. The van der Waals surface area contributed by atoms with Crippen LogP contribution in [0.5, 0.6) is 0 Å². The van der Waals surface area contributed by atoms with E-state index in [9.17, 15) is 19.1 Å². The Morgan fingerprint density at radius 2 is 1.91 bits per heavy atom. The third-order valence-corrected chi connectivity index (χ3v) is 3.83. The lowest BCUT2D eigenvalue weighted by atomic mass is 10.1. The summed E-state index contributed by atoms with van der Waals surface area (Å²) in [7, 11) is 0. The Hall–Kier alpha value is -1.95. The molecule has 0 aliphatic carbocycles. The van der Waals surface area contributed by atoms with E-state index in [1.807, 2.05) is 4.90 Å². The largest absolute Gasteiger partial charge is 0.480 e. The highest BCUT2D eigenvalue weighted by Gasteiger charge is 2.23. The van der Waals surface area contributed by atoms with Crippen molar-refractivity contribution in [2.24, 2.45) is 0 Å². The number of carbonyl (C=O) groups is 2. The lowest BCUT2D eigenvalue weighted by Crippen LogP contribution is -2.47. The minimum atomic E-state index is -1.16. The maximum absolute atomic E-state index is 13.6. The molecule has 1 heterocycles. The first-order chi connectivity index (χ1) is 10.6. The van der Waals surface area contributed by atoms with E-state index in [2.05, 4.69) is 5.32 Å². The van der Waals surface area contributed by atoms with Crippen LogP contribution in [0.25, 0.3) is 0 Å². The Morgan fingerprint density at radius 1 is 1.23 bits per heavy atom. The molecule has 0 aromatic heterocycles. The summed E-state index contributed by atoms with van der Waals surface area (Å²) in [5, 5.41) is 11.7. The van der Waals surface area contributed by atoms with Crippen LogP contribution in [-0.2, 0) is 16.0 Å². The molecule has 0 saturated carbocycles. The van der Waals surface area contributed by atoms with Crippen LogP contribution in [-0.4, -0.2) is 47.6 Å². The molecule has 1 atom stereocenters. The Labute approximate surface area is 129 Å². The Balaban J connectivity index is 1.92. The summed E-state index contributed by atoms with van der Waals surface area (Å²) in [4.78, 5) is 25.3. The number of carboxylic acid groups (broad SMARTS) is 1. The van der Waals surface area contributed by atoms with Crippen molar-refractivity contribution in [2.45, 2.75) is 31.7 Å². The van der Waals surface area contributed by atoms with Gasteiger partial charge in [0.15, 0.2) is 0 Å². The number of nitrogens with zero attached hydrogens (tertiary/aromatic N) is 1. The van der Waals surface area contributed by atoms with Gasteiger partial charge >= 0.3 is 5.97 Å². The van der Waals surface area contributed by atoms with Gasteiger partial charge in [0.2, 0.25) is 5.91 Å². The average molecular weight is 308 g/mol. The van der Waals surface area contributed by atoms with Gasteiger partial charge in [0.25, 0.3) is 0 Å². The third kappa shape index (κ3) is 4.80. The average Bonchev–Trinajstić information content (AvgIpc) is 2.49. The number of aliphatic carboxylic acids is 1. The van der Waals surface area contributed by atoms with Crippen LogP contribution in [0.3, 0.4) is 0 Å². The molecule has 120 valence electrons. The zero-order valence-corrected chi connectivity index (χ0v) is 12.4. The molecule has 1 aromatic carbocycles. The summed E-state index contributed by atoms with van der Waals surface area (Å²) >= 11 is 0. The molecule has 1 amide bonds. The number of carbonyl (C=O) groups excluding carboxylic acids is 1. The highest BCUT2D eigenvalue weighted by Crippen LogP contribution is 2.10. The van der Waals surface area contributed by atoms with Gasteiger partial charge in [0.05, 0.1) is 6.54 Å². The molecular formula is C16H21FN2O3. The first kappa shape index (κ1) is 16.4. The van der Waals surface area contributed by atoms with Crippen LogP contribution in [0.2, 0.25) is 0 Å². The van der Waals surface area contributed by atoms with Crippen LogP contribution >= 0.6 is 0 Å². The quantitative estimate of drug-likeness (QED) is 0.834. The lowest BCUT2D eigenvalue weighted by molar-refractivity contribution is -0.142. The van der Waals surface area contributed by atoms with E-state index in [1.165, 1.54) is 18.6 Å². The molecule has 1 fully saturated rings. The fraction of sp³-hybridized carbons (Fsp3) is 0.500. The zero-order valence-electron chi connectivity index (χ0n) is 12.4. The molecule has 6 heteroatoms. The van der Waals surface area contributed by atoms with Gasteiger partial charge in [-0.3, -0.25) is 9.69 Å². The van der Waals surface area contributed by atoms with Crippen LogP contribution in [0.4, 0.5) is 4.39 Å². The number of hydrogen-bond donors (Lipinski definition) is 2. The first-order valence-electron chi connectivity index (χ1n) is 7.54. The second kappa shape index (κ2) is 7.89. The van der Waals surface area contributed by atoms with Gasteiger partial charge in [-0.15, -0.1) is 0 Å². The smallest absolute Gasteiger partial charge is 0.326 e. The number of rotatable bonds is 6. The highest BCUT2D eigenvalue weighted by molar-refractivity contribution is 5.84. The van der Waals surface area contributed by atoms with Crippen molar-refractivity contribution in [1.29, 1.82) is 0 Å². The van der Waals surface area contributed by atoms with Crippen LogP contribution in [0.15, 0.2) is 24.3 Å². The standard InChI is InChI=1S/C16H21FN2O3/c17-13-7-3-2-6-12(13)10-14(16(21)22)18-15(20)11-19-8-4-1-5-9-19/h2-3,6-7,14H,1,4-5,8-11H2,(H,18,20)(H,21,22). The number of hydrogen-bond acceptors (Lipinski definition) is 3. The van der Waals surface area contributed by atoms with Crippen molar-refractivity contribution in [3.8, 4) is 0 Å². The molecule has 0 bridgehead atoms. The molecule has 0 spiro atoms. The second-order valence-electron chi connectivity index (χ2n) is 5.59. The van der Waals surface area contributed by atoms with E-state index in [4.69, 9.17) is 0 Å². The minimum absolute atomic E-state index is 0.0618. The number of carboxylic acids is 1. The summed E-state index contributed by atoms with van der Waals surface area (Å²) in [5.74, 6) is -1.94. The summed E-state index contributed by atoms with van der Waals surface area (Å²) < 4.78 is 13.6. The molecule has 22 heavy (non-hydrogen) atoms. The highest BCUT2D eigenvalue weighted by atomic mass is 19.1. The van der Waals surface area contributed by atoms with Crippen LogP contribution < -0.4 is 5.32 Å². The van der Waals surface area contributed by atoms with Crippen LogP contribution in [0.1, 0.15) is 24.8 Å². The van der Waals surface area contributed by atoms with E-state index in [0.29, 0.717) is 0 Å². The van der Waals surface area contributed by atoms with Crippen molar-refractivity contribution in [1.82, 2.24) is 10.2 Å². The maximum atomic E-state index is 13.6. The van der Waals surface area contributed by atoms with E-state index >= 15 is 0 Å². The zero-order chi connectivity index (χ0) is 15.9. The normalized spacial score (nSPS) is 17.0. The SMILES string of the molecule is O=C(CN1CCCCC1)NC(Cc1ccccc1F)C(=O)O. The maximum Gasteiger partial charge on any atom is 0.326 e. The predicted octanol–water partition coefficient (Wildman–Crippen LogP) is 1.42. The monoisotopic (exact) mass is 308 g/mol. The number of halogens is 1. The molecule has 1 aliphatic rings. The van der Waals surface area contributed by atoms with Gasteiger partial charge in [-0.05, 0) is 37.6 Å². The number of benzene rings is 1. The molecule has 1 aliphatic heterocycles. The van der Waals surface area contributed by atoms with Gasteiger partial charge in [-0.2, -0.15) is 0 Å². The molecule has 0 radical (unpaired) electrons. The van der Waals surface area contributed by atoms with Gasteiger partial charge < -0.3 is 10.4 Å². The van der Waals surface area contributed by atoms with Crippen molar-refractivity contribution in [3.63, 3.8) is 0 Å². The minimum Gasteiger partial charge on any atom is -0.480 e. The Bertz CT molecular complexity index is 530. The van der Waals surface area contributed by atoms with Crippen molar-refractivity contribution < 1.29 is 19.1 Å². The van der Waals surface area contributed by atoms with Crippen LogP contribution in [0, 0.1) is 5.82 Å². The Morgan fingerprint density at radius 3 is 2.55 bits per heavy atom. The second-order valence-corrected chi connectivity index (χ2v) is 5.59. The number of piperidine rings is 1. The van der Waals surface area contributed by atoms with Gasteiger partial charge in [0.1, 0.15) is 11.9 Å². The first-order valence-corrected chi connectivity index (χ1v) is 7.54. The molecule has 2 N–H and O–H groups in total. The predicted molar refractivity (Wildman–Crippen MR) is 80.0 cm³/mol. The molecule has 5 nitrogen and oxygen atoms in total. The molecule has 2 rings (SSSR count). The van der Waals surface area contributed by atoms with Gasteiger partial charge in [0, 0.05) is 6.42 Å². The lowest BCUT2D eigenvalue weighted by Gasteiger charge is -2.26. The van der Waals surface area contributed by atoms with Crippen molar-refractivity contribution in [2.75, 3.05) is 19.6 Å². The third-order valence-electron chi connectivity index (χ3n) is 3.83. The summed E-state index contributed by atoms with van der Waals surface area (Å²) in [6, 6.07) is 4.89. The molecule has 1 aromatic rings. The fourth-order valence-electron chi connectivity index (χ4n) is 2.64. The summed E-state index contributed by atoms with van der Waals surface area (Å²) in [6.07, 6.45) is 3.23. The van der Waals surface area contributed by atoms with Gasteiger partial charge in [-0.1, -0.05) is 24.6 Å². The van der Waals surface area contributed by atoms with E-state index in [0.717, 1.165) is 25.9 Å². The van der Waals surface area contributed by atoms with E-state index in [-0.39, 0.29) is 24.4 Å². The molecule has 1 unspecified atom stereocenters. The molecule has 1 saturated heterocycles. The Kier molecular flexibility index (Phi) is 5.89. The topological polar surface area (TPSA) is 69.6 Å².